The summed E-state index contributed by atoms with van der Waals surface area (Å²) in [7, 11) is 0. The Kier molecular flexibility index (Phi) is 8.07. The summed E-state index contributed by atoms with van der Waals surface area (Å²) < 4.78 is 0. The van der Waals surface area contributed by atoms with Gasteiger partial charge in [0.05, 0.1) is 6.54 Å². The first kappa shape index (κ1) is 16.4. The lowest BCUT2D eigenvalue weighted by molar-refractivity contribution is -0.120. The normalized spacial score (nSPS) is 21.4. The minimum atomic E-state index is 0.128. The average Bonchev–Trinajstić information content (AvgIpc) is 2.60. The predicted octanol–water partition coefficient (Wildman–Crippen LogP) is 1.61. The van der Waals surface area contributed by atoms with Crippen molar-refractivity contribution in [2.24, 2.45) is 5.92 Å². The second kappa shape index (κ2) is 9.32. The van der Waals surface area contributed by atoms with Crippen LogP contribution in [0.2, 0.25) is 0 Å². The van der Waals surface area contributed by atoms with Gasteiger partial charge in [-0.3, -0.25) is 4.79 Å². The van der Waals surface area contributed by atoms with E-state index < -0.39 is 0 Å². The van der Waals surface area contributed by atoms with Crippen LogP contribution in [-0.2, 0) is 4.79 Å². The van der Waals surface area contributed by atoms with Gasteiger partial charge in [-0.1, -0.05) is 20.8 Å². The Balaban J connectivity index is 2.17. The van der Waals surface area contributed by atoms with Gasteiger partial charge >= 0.3 is 0 Å². The predicted molar refractivity (Wildman–Crippen MR) is 80.2 cm³/mol. The largest absolute Gasteiger partial charge is 0.355 e. The van der Waals surface area contributed by atoms with E-state index in [0.29, 0.717) is 18.5 Å². The maximum absolute atomic E-state index is 11.7. The molecule has 112 valence electrons. The van der Waals surface area contributed by atoms with E-state index in [0.717, 1.165) is 13.0 Å². The number of nitrogens with one attached hydrogen (secondary N) is 2. The summed E-state index contributed by atoms with van der Waals surface area (Å²) in [5.74, 6) is 0.646. The van der Waals surface area contributed by atoms with E-state index in [-0.39, 0.29) is 5.91 Å². The van der Waals surface area contributed by atoms with Crippen LogP contribution in [0.15, 0.2) is 0 Å². The minimum absolute atomic E-state index is 0.128. The summed E-state index contributed by atoms with van der Waals surface area (Å²) >= 11 is 0. The number of nitrogens with zero attached hydrogens (tertiary/aromatic N) is 1. The van der Waals surface area contributed by atoms with Gasteiger partial charge in [-0.15, -0.1) is 0 Å². The van der Waals surface area contributed by atoms with Crippen LogP contribution in [0.4, 0.5) is 0 Å². The summed E-state index contributed by atoms with van der Waals surface area (Å²) in [6, 6.07) is 0.506. The summed E-state index contributed by atoms with van der Waals surface area (Å²) in [4.78, 5) is 14.2. The number of hydrogen-bond acceptors (Lipinski definition) is 3. The first-order valence-corrected chi connectivity index (χ1v) is 7.84. The van der Waals surface area contributed by atoms with Crippen molar-refractivity contribution in [2.75, 3.05) is 32.7 Å². The zero-order valence-electron chi connectivity index (χ0n) is 12.9. The molecule has 1 heterocycles. The standard InChI is InChI=1S/C15H31N3O/c1-4-8-18-9-5-6-14(7-10-18)16-12-15(19)17-11-13(2)3/h13-14,16H,4-12H2,1-3H3,(H,17,19). The lowest BCUT2D eigenvalue weighted by Crippen LogP contribution is -2.40. The molecule has 0 aromatic heterocycles. The third-order valence-corrected chi connectivity index (χ3v) is 3.62. The Hall–Kier alpha value is -0.610. The molecule has 0 aromatic carbocycles. The van der Waals surface area contributed by atoms with Crippen molar-refractivity contribution in [2.45, 2.75) is 52.5 Å². The molecule has 0 saturated carbocycles. The van der Waals surface area contributed by atoms with E-state index >= 15 is 0 Å². The van der Waals surface area contributed by atoms with Crippen molar-refractivity contribution in [1.82, 2.24) is 15.5 Å². The molecule has 1 saturated heterocycles. The van der Waals surface area contributed by atoms with Gasteiger partial charge in [-0.2, -0.15) is 0 Å². The molecule has 1 amide bonds. The lowest BCUT2D eigenvalue weighted by atomic mass is 10.1. The Morgan fingerprint density at radius 2 is 2.11 bits per heavy atom. The number of amides is 1. The Morgan fingerprint density at radius 3 is 2.79 bits per heavy atom. The van der Waals surface area contributed by atoms with Gasteiger partial charge in [0.25, 0.3) is 0 Å². The van der Waals surface area contributed by atoms with Crippen molar-refractivity contribution >= 4 is 5.91 Å². The second-order valence-electron chi connectivity index (χ2n) is 6.05. The fourth-order valence-electron chi connectivity index (χ4n) is 2.52. The zero-order chi connectivity index (χ0) is 14.1. The topological polar surface area (TPSA) is 44.4 Å². The second-order valence-corrected chi connectivity index (χ2v) is 6.05. The average molecular weight is 269 g/mol. The highest BCUT2D eigenvalue weighted by atomic mass is 16.1. The van der Waals surface area contributed by atoms with Crippen LogP contribution < -0.4 is 10.6 Å². The summed E-state index contributed by atoms with van der Waals surface area (Å²) in [5.41, 5.74) is 0. The quantitative estimate of drug-likeness (QED) is 0.738. The molecule has 1 atom stereocenters. The van der Waals surface area contributed by atoms with Crippen molar-refractivity contribution in [3.05, 3.63) is 0 Å². The number of hydrogen-bond donors (Lipinski definition) is 2. The van der Waals surface area contributed by atoms with Crippen LogP contribution in [0, 0.1) is 5.92 Å². The van der Waals surface area contributed by atoms with Crippen LogP contribution in [0.1, 0.15) is 46.5 Å². The van der Waals surface area contributed by atoms with Crippen LogP contribution in [0.3, 0.4) is 0 Å². The smallest absolute Gasteiger partial charge is 0.233 e. The molecule has 1 unspecified atom stereocenters. The highest BCUT2D eigenvalue weighted by molar-refractivity contribution is 5.77. The Bertz CT molecular complexity index is 256. The molecule has 0 bridgehead atoms. The number of rotatable bonds is 7. The maximum Gasteiger partial charge on any atom is 0.233 e. The van der Waals surface area contributed by atoms with Gasteiger partial charge in [0, 0.05) is 12.6 Å². The van der Waals surface area contributed by atoms with E-state index in [1.54, 1.807) is 0 Å². The first-order valence-electron chi connectivity index (χ1n) is 7.84. The van der Waals surface area contributed by atoms with Gasteiger partial charge < -0.3 is 15.5 Å². The molecule has 1 aliphatic heterocycles. The number of likely N-dealkylation sites (tertiary alicyclic amines) is 1. The molecule has 1 fully saturated rings. The summed E-state index contributed by atoms with van der Waals surface area (Å²) in [5, 5.41) is 6.36. The monoisotopic (exact) mass is 269 g/mol. The van der Waals surface area contributed by atoms with Crippen LogP contribution in [0.5, 0.6) is 0 Å². The van der Waals surface area contributed by atoms with Gasteiger partial charge in [0.1, 0.15) is 0 Å². The molecule has 1 aliphatic rings. The fraction of sp³-hybridized carbons (Fsp3) is 0.933. The third-order valence-electron chi connectivity index (χ3n) is 3.62. The van der Waals surface area contributed by atoms with Crippen molar-refractivity contribution in [3.8, 4) is 0 Å². The van der Waals surface area contributed by atoms with Crippen LogP contribution >= 0.6 is 0 Å². The van der Waals surface area contributed by atoms with Gasteiger partial charge in [0.15, 0.2) is 0 Å². The van der Waals surface area contributed by atoms with E-state index in [4.69, 9.17) is 0 Å². The molecule has 4 nitrogen and oxygen atoms in total. The van der Waals surface area contributed by atoms with E-state index in [1.807, 2.05) is 0 Å². The Labute approximate surface area is 118 Å². The van der Waals surface area contributed by atoms with Crippen molar-refractivity contribution in [1.29, 1.82) is 0 Å². The van der Waals surface area contributed by atoms with Gasteiger partial charge in [0.2, 0.25) is 5.91 Å². The van der Waals surface area contributed by atoms with Crippen molar-refractivity contribution < 1.29 is 4.79 Å². The lowest BCUT2D eigenvalue weighted by Gasteiger charge is -2.19. The van der Waals surface area contributed by atoms with Crippen molar-refractivity contribution in [3.63, 3.8) is 0 Å². The van der Waals surface area contributed by atoms with Gasteiger partial charge in [-0.25, -0.2) is 0 Å². The maximum atomic E-state index is 11.7. The molecule has 19 heavy (non-hydrogen) atoms. The molecule has 0 aliphatic carbocycles. The molecule has 0 radical (unpaired) electrons. The summed E-state index contributed by atoms with van der Waals surface area (Å²) in [6.07, 6.45) is 4.83. The number of carbonyl (C=O) groups excluding carboxylic acids is 1. The molecule has 0 spiro atoms. The zero-order valence-corrected chi connectivity index (χ0v) is 12.9. The number of carbonyl (C=O) groups is 1. The van der Waals surface area contributed by atoms with E-state index in [1.165, 1.54) is 38.9 Å². The molecule has 1 rings (SSSR count). The van der Waals surface area contributed by atoms with E-state index in [2.05, 4.69) is 36.3 Å². The first-order chi connectivity index (χ1) is 9.11. The van der Waals surface area contributed by atoms with E-state index in [9.17, 15) is 4.79 Å². The molecule has 0 aromatic rings. The third kappa shape index (κ3) is 7.53. The van der Waals surface area contributed by atoms with Crippen LogP contribution in [0.25, 0.3) is 0 Å². The highest BCUT2D eigenvalue weighted by Gasteiger charge is 2.16. The van der Waals surface area contributed by atoms with Gasteiger partial charge in [-0.05, 0) is 51.2 Å². The minimum Gasteiger partial charge on any atom is -0.355 e. The van der Waals surface area contributed by atoms with Crippen LogP contribution in [-0.4, -0.2) is 49.6 Å². The SMILES string of the molecule is CCCN1CCCC(NCC(=O)NCC(C)C)CC1. The highest BCUT2D eigenvalue weighted by Crippen LogP contribution is 2.11. The molecular weight excluding hydrogens is 238 g/mol. The summed E-state index contributed by atoms with van der Waals surface area (Å²) in [6.45, 7) is 11.3. The molecule has 4 heteroatoms. The molecular formula is C15H31N3O. The fourth-order valence-corrected chi connectivity index (χ4v) is 2.52. The Morgan fingerprint density at radius 1 is 1.32 bits per heavy atom. The molecule has 2 N–H and O–H groups in total.